The number of hydrogen-bond acceptors (Lipinski definition) is 6. The molecule has 2 fully saturated rings. The van der Waals surface area contributed by atoms with Gasteiger partial charge in [0.25, 0.3) is 11.8 Å². The number of hydrogen-bond donors (Lipinski definition) is 2. The van der Waals surface area contributed by atoms with E-state index in [1.54, 1.807) is 6.92 Å². The highest BCUT2D eigenvalue weighted by Gasteiger charge is 2.72. The van der Waals surface area contributed by atoms with Crippen LogP contribution < -0.4 is 21.3 Å². The molecule has 4 amide bonds. The number of nitrogens with zero attached hydrogens (tertiary/aromatic N) is 2. The molecule has 8 nitrogen and oxygen atoms in total. The van der Waals surface area contributed by atoms with Crippen molar-refractivity contribution in [2.45, 2.75) is 26.9 Å². The molecule has 4 N–H and O–H groups in total. The molecule has 178 valence electrons. The average Bonchev–Trinajstić information content (AvgIpc) is 3.06. The maximum atomic E-state index is 13.7. The highest BCUT2D eigenvalue weighted by molar-refractivity contribution is 6.39. The van der Waals surface area contributed by atoms with Crippen LogP contribution in [0, 0.1) is 24.2 Å². The Kier molecular flexibility index (Phi) is 5.00. The van der Waals surface area contributed by atoms with Crippen LogP contribution in [0.1, 0.15) is 25.0 Å². The summed E-state index contributed by atoms with van der Waals surface area (Å²) in [5.41, 5.74) is 7.85. The number of benzene rings is 2. The molecule has 4 rings (SSSR count). The maximum Gasteiger partial charge on any atom is 0.418 e. The van der Waals surface area contributed by atoms with E-state index in [2.05, 4.69) is 0 Å². The molecule has 0 saturated carbocycles. The molecule has 11 heteroatoms. The second-order valence-corrected chi connectivity index (χ2v) is 8.59. The van der Waals surface area contributed by atoms with Gasteiger partial charge in [-0.1, -0.05) is 13.8 Å². The van der Waals surface area contributed by atoms with E-state index in [9.17, 15) is 32.3 Å². The summed E-state index contributed by atoms with van der Waals surface area (Å²) in [6, 6.07) is 7.09. The Balaban J connectivity index is 1.88. The normalized spacial score (nSPS) is 25.2. The minimum absolute atomic E-state index is 0.183. The zero-order chi connectivity index (χ0) is 25.3. The van der Waals surface area contributed by atoms with Crippen LogP contribution in [0.5, 0.6) is 0 Å². The Morgan fingerprint density at radius 1 is 0.794 bits per heavy atom. The van der Waals surface area contributed by atoms with Crippen molar-refractivity contribution in [3.63, 3.8) is 0 Å². The van der Waals surface area contributed by atoms with Gasteiger partial charge in [-0.3, -0.25) is 19.2 Å². The Morgan fingerprint density at radius 2 is 1.24 bits per heavy atom. The number of imide groups is 2. The van der Waals surface area contributed by atoms with Crippen molar-refractivity contribution in [3.05, 3.63) is 47.5 Å². The lowest BCUT2D eigenvalue weighted by Crippen LogP contribution is -2.46. The van der Waals surface area contributed by atoms with Crippen molar-refractivity contribution >= 4 is 46.4 Å². The SMILES string of the molecule is Cc1cc(N)ccc1N1C(=O)C(C)[C@]2(C1=O)C(=O)N(c1ccc(N)cc1C(F)(F)F)C(=O)[C@@H]2C. The molecule has 2 aromatic rings. The molecular formula is C23H21F3N4O4. The summed E-state index contributed by atoms with van der Waals surface area (Å²) in [6.45, 7) is 4.21. The minimum Gasteiger partial charge on any atom is -0.399 e. The smallest absolute Gasteiger partial charge is 0.399 e. The molecule has 2 aliphatic rings. The number of rotatable bonds is 2. The van der Waals surface area contributed by atoms with E-state index in [-0.39, 0.29) is 11.4 Å². The van der Waals surface area contributed by atoms with Gasteiger partial charge in [0.2, 0.25) is 11.8 Å². The predicted molar refractivity (Wildman–Crippen MR) is 117 cm³/mol. The van der Waals surface area contributed by atoms with Crippen molar-refractivity contribution in [3.8, 4) is 0 Å². The molecule has 3 atom stereocenters. The molecule has 0 aromatic heterocycles. The van der Waals surface area contributed by atoms with Crippen LogP contribution in [-0.4, -0.2) is 23.6 Å². The summed E-state index contributed by atoms with van der Waals surface area (Å²) < 4.78 is 41.2. The van der Waals surface area contributed by atoms with E-state index in [0.29, 0.717) is 22.2 Å². The van der Waals surface area contributed by atoms with Crippen molar-refractivity contribution in [1.82, 2.24) is 0 Å². The van der Waals surface area contributed by atoms with Crippen LogP contribution in [0.3, 0.4) is 0 Å². The summed E-state index contributed by atoms with van der Waals surface area (Å²) >= 11 is 0. The summed E-state index contributed by atoms with van der Waals surface area (Å²) in [4.78, 5) is 55.0. The van der Waals surface area contributed by atoms with Crippen LogP contribution in [0.4, 0.5) is 35.9 Å². The van der Waals surface area contributed by atoms with Gasteiger partial charge in [0.15, 0.2) is 5.41 Å². The van der Waals surface area contributed by atoms with Crippen LogP contribution in [0.15, 0.2) is 36.4 Å². The first-order valence-electron chi connectivity index (χ1n) is 10.3. The first kappa shape index (κ1) is 23.3. The zero-order valence-electron chi connectivity index (χ0n) is 18.4. The monoisotopic (exact) mass is 474 g/mol. The van der Waals surface area contributed by atoms with E-state index < -0.39 is 58.3 Å². The number of carbonyl (C=O) groups excluding carboxylic acids is 4. The lowest BCUT2D eigenvalue weighted by molar-refractivity contribution is -0.142. The number of anilines is 4. The lowest BCUT2D eigenvalue weighted by Gasteiger charge is -2.26. The van der Waals surface area contributed by atoms with Gasteiger partial charge in [-0.25, -0.2) is 9.80 Å². The molecule has 1 spiro atoms. The van der Waals surface area contributed by atoms with Crippen molar-refractivity contribution in [2.24, 2.45) is 17.3 Å². The van der Waals surface area contributed by atoms with Crippen LogP contribution >= 0.6 is 0 Å². The zero-order valence-corrected chi connectivity index (χ0v) is 18.4. The van der Waals surface area contributed by atoms with Gasteiger partial charge < -0.3 is 11.5 Å². The van der Waals surface area contributed by atoms with Crippen molar-refractivity contribution in [2.75, 3.05) is 21.3 Å². The van der Waals surface area contributed by atoms with E-state index >= 15 is 0 Å². The third-order valence-corrected chi connectivity index (χ3v) is 6.69. The average molecular weight is 474 g/mol. The number of alkyl halides is 3. The molecule has 0 bridgehead atoms. The quantitative estimate of drug-likeness (QED) is 0.392. The first-order chi connectivity index (χ1) is 15.7. The summed E-state index contributed by atoms with van der Waals surface area (Å²) in [7, 11) is 0. The number of nitrogens with two attached hydrogens (primary N) is 2. The van der Waals surface area contributed by atoms with Gasteiger partial charge in [-0.05, 0) is 48.9 Å². The molecule has 2 heterocycles. The largest absolute Gasteiger partial charge is 0.418 e. The first-order valence-corrected chi connectivity index (χ1v) is 10.3. The highest BCUT2D eigenvalue weighted by Crippen LogP contribution is 2.53. The summed E-state index contributed by atoms with van der Waals surface area (Å²) in [5.74, 6) is -6.57. The lowest BCUT2D eigenvalue weighted by atomic mass is 9.70. The van der Waals surface area contributed by atoms with E-state index in [4.69, 9.17) is 11.5 Å². The van der Waals surface area contributed by atoms with Gasteiger partial charge in [-0.2, -0.15) is 13.2 Å². The second kappa shape index (κ2) is 7.31. The van der Waals surface area contributed by atoms with Crippen molar-refractivity contribution < 1.29 is 32.3 Å². The predicted octanol–water partition coefficient (Wildman–Crippen LogP) is 2.88. The molecule has 34 heavy (non-hydrogen) atoms. The number of aryl methyl sites for hydroxylation is 1. The third kappa shape index (κ3) is 2.92. The van der Waals surface area contributed by atoms with E-state index in [1.807, 2.05) is 0 Å². The van der Waals surface area contributed by atoms with Crippen LogP contribution in [0.2, 0.25) is 0 Å². The van der Waals surface area contributed by atoms with Gasteiger partial charge in [0.1, 0.15) is 0 Å². The molecule has 2 saturated heterocycles. The highest BCUT2D eigenvalue weighted by atomic mass is 19.4. The fourth-order valence-electron chi connectivity index (χ4n) is 4.92. The number of carbonyl (C=O) groups is 4. The standard InChI is InChI=1S/C23H21F3N4O4/c1-10-8-13(27)4-6-16(10)29-18(31)11(2)22(20(29)33)12(3)19(32)30(21(22)34)17-7-5-14(28)9-15(17)23(24,25)26/h4-9,11-12H,27-28H2,1-3H3/t11?,12-,22-/m0/s1. The Bertz CT molecular complexity index is 1280. The van der Waals surface area contributed by atoms with Crippen LogP contribution in [-0.2, 0) is 25.4 Å². The Hall–Kier alpha value is -3.89. The molecular weight excluding hydrogens is 453 g/mol. The number of nitrogen functional groups attached to an aromatic ring is 2. The van der Waals surface area contributed by atoms with Crippen LogP contribution in [0.25, 0.3) is 0 Å². The minimum atomic E-state index is -4.93. The maximum absolute atomic E-state index is 13.7. The Labute approximate surface area is 192 Å². The second-order valence-electron chi connectivity index (χ2n) is 8.59. The fraction of sp³-hybridized carbons (Fsp3) is 0.304. The van der Waals surface area contributed by atoms with Gasteiger partial charge in [-0.15, -0.1) is 0 Å². The molecule has 2 aromatic carbocycles. The van der Waals surface area contributed by atoms with Gasteiger partial charge in [0.05, 0.1) is 28.8 Å². The molecule has 0 radical (unpaired) electrons. The number of amides is 4. The topological polar surface area (TPSA) is 127 Å². The van der Waals surface area contributed by atoms with Gasteiger partial charge in [0, 0.05) is 11.4 Å². The fourth-order valence-corrected chi connectivity index (χ4v) is 4.92. The summed E-state index contributed by atoms with van der Waals surface area (Å²) in [5, 5.41) is 0. The van der Waals surface area contributed by atoms with E-state index in [0.717, 1.165) is 17.0 Å². The van der Waals surface area contributed by atoms with Gasteiger partial charge >= 0.3 is 6.18 Å². The summed E-state index contributed by atoms with van der Waals surface area (Å²) in [6.07, 6.45) is -4.93. The van der Waals surface area contributed by atoms with E-state index in [1.165, 1.54) is 32.0 Å². The third-order valence-electron chi connectivity index (χ3n) is 6.69. The number of halogens is 3. The molecule has 0 aliphatic carbocycles. The Morgan fingerprint density at radius 3 is 1.71 bits per heavy atom. The molecule has 1 unspecified atom stereocenters. The molecule has 2 aliphatic heterocycles. The van der Waals surface area contributed by atoms with Crippen molar-refractivity contribution in [1.29, 1.82) is 0 Å².